The molecule has 196 valence electrons. The van der Waals surface area contributed by atoms with Crippen molar-refractivity contribution < 1.29 is 0 Å². The molecule has 0 bridgehead atoms. The summed E-state index contributed by atoms with van der Waals surface area (Å²) in [6.07, 6.45) is 4.37. The predicted octanol–water partition coefficient (Wildman–Crippen LogP) is 5.41. The number of fused-ring (bicyclic) bond motifs is 1. The van der Waals surface area contributed by atoms with Gasteiger partial charge in [0.1, 0.15) is 5.69 Å². The first-order valence-corrected chi connectivity index (χ1v) is 14.6. The van der Waals surface area contributed by atoms with Crippen LogP contribution in [-0.2, 0) is 19.4 Å². The number of nitrogens with zero attached hydrogens (tertiary/aromatic N) is 4. The Morgan fingerprint density at radius 1 is 0.972 bits per heavy atom. The third-order valence-corrected chi connectivity index (χ3v) is 9.19. The highest BCUT2D eigenvalue weighted by atomic mass is 35.5. The number of quaternary nitrogens is 1. The first kappa shape index (κ1) is 27.5. The number of amidine groups is 1. The van der Waals surface area contributed by atoms with Gasteiger partial charge < -0.3 is 15.1 Å². The van der Waals surface area contributed by atoms with E-state index in [9.17, 15) is 0 Å². The molecule has 2 aromatic rings. The molecule has 0 aliphatic carbocycles. The molecule has 0 aromatic heterocycles. The van der Waals surface area contributed by atoms with Crippen LogP contribution in [-0.4, -0.2) is 88.1 Å². The highest BCUT2D eigenvalue weighted by Gasteiger charge is 2.55. The number of aliphatic imine (C=N–C) groups is 1. The average Bonchev–Trinajstić information content (AvgIpc) is 2.83. The molecule has 0 atom stereocenters. The lowest BCUT2D eigenvalue weighted by Gasteiger charge is -2.53. The zero-order valence-corrected chi connectivity index (χ0v) is 24.5. The number of rotatable bonds is 8. The summed E-state index contributed by atoms with van der Waals surface area (Å²) in [6.45, 7) is 2.74. The van der Waals surface area contributed by atoms with Gasteiger partial charge in [0.25, 0.3) is 0 Å². The van der Waals surface area contributed by atoms with Gasteiger partial charge >= 0.3 is 0 Å². The summed E-state index contributed by atoms with van der Waals surface area (Å²) < 4.78 is 0.840. The van der Waals surface area contributed by atoms with Crippen LogP contribution >= 0.6 is 23.4 Å². The number of benzene rings is 2. The Morgan fingerprint density at radius 2 is 1.61 bits per heavy atom. The summed E-state index contributed by atoms with van der Waals surface area (Å²) in [5.74, 6) is 3.48. The monoisotopic (exact) mass is 528 g/mol. The molecule has 1 N–H and O–H groups in total. The lowest BCUT2D eigenvalue weighted by atomic mass is 9.82. The van der Waals surface area contributed by atoms with E-state index in [0.717, 1.165) is 59.7 Å². The molecular weight excluding hydrogens is 486 g/mol. The van der Waals surface area contributed by atoms with Gasteiger partial charge in [-0.05, 0) is 87.4 Å². The van der Waals surface area contributed by atoms with Gasteiger partial charge in [-0.2, -0.15) is 11.8 Å². The maximum Gasteiger partial charge on any atom is 0.164 e. The average molecular weight is 529 g/mol. The topological polar surface area (TPSA) is 30.9 Å². The van der Waals surface area contributed by atoms with Crippen molar-refractivity contribution in [2.45, 2.75) is 37.8 Å². The molecule has 0 saturated carbocycles. The first-order chi connectivity index (χ1) is 17.1. The van der Waals surface area contributed by atoms with Gasteiger partial charge in [-0.3, -0.25) is 9.48 Å². The van der Waals surface area contributed by atoms with Crippen LogP contribution in [0.25, 0.3) is 0 Å². The van der Waals surface area contributed by atoms with Gasteiger partial charge in [-0.15, -0.1) is 0 Å². The second-order valence-electron chi connectivity index (χ2n) is 11.3. The number of hydrogen-bond donors (Lipinski definition) is 1. The van der Waals surface area contributed by atoms with Gasteiger partial charge in [0.15, 0.2) is 17.1 Å². The standard InChI is InChI=1S/C29H43ClN5S/c1-33(2)14-10-23-19-26-27(20-24(23)11-15-34(3)4)35(5,6)29(12-16-36-17-13-29)28(32-26)31-21-22-8-7-9-25(30)18-22/h7-9,18-20H,10-17,21H2,1-6H3,(H,31,32)/q+1. The lowest BCUT2D eigenvalue weighted by Crippen LogP contribution is -2.70. The Labute approximate surface area is 227 Å². The van der Waals surface area contributed by atoms with Crippen LogP contribution in [0.15, 0.2) is 41.4 Å². The minimum absolute atomic E-state index is 0.0409. The van der Waals surface area contributed by atoms with Gasteiger partial charge in [0.05, 0.1) is 20.6 Å². The summed E-state index contributed by atoms with van der Waals surface area (Å²) in [4.78, 5) is 9.82. The van der Waals surface area contributed by atoms with Crippen LogP contribution < -0.4 is 9.80 Å². The molecule has 0 unspecified atom stereocenters. The fourth-order valence-electron chi connectivity index (χ4n) is 5.63. The highest BCUT2D eigenvalue weighted by Crippen LogP contribution is 2.48. The summed E-state index contributed by atoms with van der Waals surface area (Å²) >= 11 is 8.34. The molecule has 0 radical (unpaired) electrons. The number of thioether (sulfide) groups is 1. The predicted molar refractivity (Wildman–Crippen MR) is 160 cm³/mol. The summed E-state index contributed by atoms with van der Waals surface area (Å²) in [7, 11) is 13.4. The van der Waals surface area contributed by atoms with Crippen molar-refractivity contribution in [3.8, 4) is 0 Å². The zero-order valence-electron chi connectivity index (χ0n) is 22.9. The fraction of sp³-hybridized carbons (Fsp3) is 0.552. The molecule has 2 aliphatic heterocycles. The molecule has 2 heterocycles. The van der Waals surface area contributed by atoms with Gasteiger partial charge in [0, 0.05) is 37.0 Å². The molecule has 0 amide bonds. The first-order valence-electron chi connectivity index (χ1n) is 13.1. The molecule has 1 saturated heterocycles. The maximum atomic E-state index is 6.27. The SMILES string of the molecule is CN(C)CCc1cc2c(cc1CCN(C)C)[N+](C)(C)C1(CCSCC1)C(=NCc1cccc(Cl)c1)N2. The van der Waals surface area contributed by atoms with E-state index < -0.39 is 0 Å². The zero-order chi connectivity index (χ0) is 25.9. The van der Waals surface area contributed by atoms with Crippen LogP contribution in [0, 0.1) is 0 Å². The Hall–Kier alpha value is -1.57. The number of nitrogens with one attached hydrogen (secondary N) is 1. The van der Waals surface area contributed by atoms with E-state index in [1.807, 2.05) is 18.2 Å². The van der Waals surface area contributed by atoms with Gasteiger partial charge in [-0.1, -0.05) is 23.7 Å². The van der Waals surface area contributed by atoms with E-state index in [0.29, 0.717) is 6.54 Å². The van der Waals surface area contributed by atoms with Crippen molar-refractivity contribution in [1.82, 2.24) is 14.3 Å². The minimum Gasteiger partial charge on any atom is -0.334 e. The second-order valence-corrected chi connectivity index (χ2v) is 12.9. The van der Waals surface area contributed by atoms with Crippen molar-refractivity contribution in [1.29, 1.82) is 0 Å². The smallest absolute Gasteiger partial charge is 0.164 e. The second kappa shape index (κ2) is 11.4. The summed E-state index contributed by atoms with van der Waals surface area (Å²) in [6, 6.07) is 13.0. The van der Waals surface area contributed by atoms with Gasteiger partial charge in [-0.25, -0.2) is 0 Å². The molecule has 1 spiro atoms. The molecule has 2 aromatic carbocycles. The Kier molecular flexibility index (Phi) is 8.73. The molecule has 1 fully saturated rings. The summed E-state index contributed by atoms with van der Waals surface area (Å²) in [5.41, 5.74) is 6.65. The third-order valence-electron chi connectivity index (χ3n) is 7.97. The normalized spacial score (nSPS) is 19.6. The van der Waals surface area contributed by atoms with E-state index in [2.05, 4.69) is 87.4 Å². The van der Waals surface area contributed by atoms with Crippen LogP contribution in [0.4, 0.5) is 11.4 Å². The fourth-order valence-corrected chi connectivity index (χ4v) is 7.01. The number of anilines is 1. The Bertz CT molecular complexity index is 1090. The van der Waals surface area contributed by atoms with Crippen molar-refractivity contribution in [3.05, 3.63) is 58.1 Å². The maximum absolute atomic E-state index is 6.27. The van der Waals surface area contributed by atoms with E-state index >= 15 is 0 Å². The largest absolute Gasteiger partial charge is 0.334 e. The quantitative estimate of drug-likeness (QED) is 0.464. The number of halogens is 1. The molecule has 7 heteroatoms. The van der Waals surface area contributed by atoms with Crippen LogP contribution in [0.1, 0.15) is 29.5 Å². The molecule has 5 nitrogen and oxygen atoms in total. The summed E-state index contributed by atoms with van der Waals surface area (Å²) in [5, 5.41) is 4.66. The number of likely N-dealkylation sites (N-methyl/N-ethyl adjacent to an activating group) is 3. The van der Waals surface area contributed by atoms with Crippen LogP contribution in [0.5, 0.6) is 0 Å². The molecule has 36 heavy (non-hydrogen) atoms. The van der Waals surface area contributed by atoms with E-state index in [1.165, 1.54) is 34.0 Å². The molecule has 4 rings (SSSR count). The van der Waals surface area contributed by atoms with Crippen LogP contribution in [0.3, 0.4) is 0 Å². The Balaban J connectivity index is 1.78. The van der Waals surface area contributed by atoms with Crippen molar-refractivity contribution >= 4 is 40.6 Å². The van der Waals surface area contributed by atoms with E-state index in [1.54, 1.807) is 0 Å². The number of hydrogen-bond acceptors (Lipinski definition) is 4. The van der Waals surface area contributed by atoms with E-state index in [-0.39, 0.29) is 5.54 Å². The minimum atomic E-state index is -0.0409. The van der Waals surface area contributed by atoms with Crippen molar-refractivity contribution in [3.63, 3.8) is 0 Å². The van der Waals surface area contributed by atoms with E-state index in [4.69, 9.17) is 16.6 Å². The highest BCUT2D eigenvalue weighted by molar-refractivity contribution is 7.99. The van der Waals surface area contributed by atoms with Crippen molar-refractivity contribution in [2.24, 2.45) is 4.99 Å². The Morgan fingerprint density at radius 3 is 2.22 bits per heavy atom. The van der Waals surface area contributed by atoms with Crippen LogP contribution in [0.2, 0.25) is 5.02 Å². The van der Waals surface area contributed by atoms with Crippen molar-refractivity contribution in [2.75, 3.05) is 72.2 Å². The molecular formula is C29H43ClN5S+. The third kappa shape index (κ3) is 5.78. The van der Waals surface area contributed by atoms with Gasteiger partial charge in [0.2, 0.25) is 0 Å². The lowest BCUT2D eigenvalue weighted by molar-refractivity contribution is 0.211. The molecule has 2 aliphatic rings.